The normalized spacial score (nSPS) is 20.8. The highest BCUT2D eigenvalue weighted by Crippen LogP contribution is 2.30. The molecular weight excluding hydrogens is 242 g/mol. The van der Waals surface area contributed by atoms with Gasteiger partial charge in [-0.25, -0.2) is 0 Å². The van der Waals surface area contributed by atoms with Gasteiger partial charge < -0.3 is 10.5 Å². The van der Waals surface area contributed by atoms with Crippen molar-refractivity contribution in [3.8, 4) is 0 Å². The maximum Gasteiger partial charge on any atom is 0.107 e. The highest BCUT2D eigenvalue weighted by Gasteiger charge is 2.22. The highest BCUT2D eigenvalue weighted by atomic mass is 32.1. The molecule has 0 amide bonds. The fourth-order valence-electron chi connectivity index (χ4n) is 2.68. The summed E-state index contributed by atoms with van der Waals surface area (Å²) in [5, 5.41) is 2.11. The number of thiophene rings is 1. The molecule has 1 saturated carbocycles. The summed E-state index contributed by atoms with van der Waals surface area (Å²) in [6.07, 6.45) is 7.87. The Hall–Kier alpha value is -0.380. The Morgan fingerprint density at radius 1 is 1.39 bits per heavy atom. The zero-order valence-electron chi connectivity index (χ0n) is 11.3. The van der Waals surface area contributed by atoms with Crippen molar-refractivity contribution in [3.05, 3.63) is 22.4 Å². The Morgan fingerprint density at radius 3 is 2.78 bits per heavy atom. The molecule has 0 bridgehead atoms. The minimum absolute atomic E-state index is 0.0944. The predicted octanol–water partition coefficient (Wildman–Crippen LogP) is 4.12. The van der Waals surface area contributed by atoms with E-state index in [1.54, 1.807) is 11.3 Å². The van der Waals surface area contributed by atoms with E-state index in [1.165, 1.54) is 37.0 Å². The molecule has 2 rings (SSSR count). The molecule has 2 nitrogen and oxygen atoms in total. The van der Waals surface area contributed by atoms with E-state index in [0.29, 0.717) is 0 Å². The number of nitrogens with two attached hydrogens (primary N) is 1. The van der Waals surface area contributed by atoms with Gasteiger partial charge in [-0.1, -0.05) is 32.3 Å². The van der Waals surface area contributed by atoms with Gasteiger partial charge in [0.1, 0.15) is 6.10 Å². The van der Waals surface area contributed by atoms with Crippen LogP contribution in [0.2, 0.25) is 0 Å². The minimum Gasteiger partial charge on any atom is -0.371 e. The SMILES string of the molecule is CCC(N)C(OCC1CCCCC1)c1cccs1. The van der Waals surface area contributed by atoms with Crippen LogP contribution in [0.1, 0.15) is 56.4 Å². The van der Waals surface area contributed by atoms with Crippen molar-refractivity contribution in [2.24, 2.45) is 11.7 Å². The Morgan fingerprint density at radius 2 is 2.17 bits per heavy atom. The van der Waals surface area contributed by atoms with Crippen LogP contribution in [0.5, 0.6) is 0 Å². The quantitative estimate of drug-likeness (QED) is 0.841. The maximum absolute atomic E-state index is 6.21. The van der Waals surface area contributed by atoms with Crippen LogP contribution in [0.3, 0.4) is 0 Å². The van der Waals surface area contributed by atoms with Crippen LogP contribution < -0.4 is 5.73 Å². The third kappa shape index (κ3) is 3.81. The lowest BCUT2D eigenvalue weighted by Gasteiger charge is -2.27. The third-order valence-electron chi connectivity index (χ3n) is 3.92. The predicted molar refractivity (Wildman–Crippen MR) is 77.9 cm³/mol. The average molecular weight is 267 g/mol. The minimum atomic E-state index is 0.0944. The fraction of sp³-hybridized carbons (Fsp3) is 0.733. The Labute approximate surface area is 115 Å². The molecule has 1 aliphatic carbocycles. The largest absolute Gasteiger partial charge is 0.371 e. The Balaban J connectivity index is 1.89. The second kappa shape index (κ2) is 7.27. The first-order valence-corrected chi connectivity index (χ1v) is 8.09. The monoisotopic (exact) mass is 267 g/mol. The summed E-state index contributed by atoms with van der Waals surface area (Å²) in [5.41, 5.74) is 6.21. The molecule has 0 aliphatic heterocycles. The topological polar surface area (TPSA) is 35.2 Å². The molecule has 1 fully saturated rings. The maximum atomic E-state index is 6.21. The highest BCUT2D eigenvalue weighted by molar-refractivity contribution is 7.10. The first-order valence-electron chi connectivity index (χ1n) is 7.21. The van der Waals surface area contributed by atoms with Gasteiger partial charge in [0.05, 0.1) is 6.61 Å². The van der Waals surface area contributed by atoms with Crippen molar-refractivity contribution in [1.82, 2.24) is 0 Å². The van der Waals surface area contributed by atoms with E-state index >= 15 is 0 Å². The molecule has 1 aliphatic rings. The molecule has 18 heavy (non-hydrogen) atoms. The van der Waals surface area contributed by atoms with E-state index < -0.39 is 0 Å². The van der Waals surface area contributed by atoms with E-state index in [-0.39, 0.29) is 12.1 Å². The molecule has 3 heteroatoms. The van der Waals surface area contributed by atoms with E-state index in [1.807, 2.05) is 0 Å². The summed E-state index contributed by atoms with van der Waals surface area (Å²) >= 11 is 1.76. The van der Waals surface area contributed by atoms with Crippen LogP contribution in [0.25, 0.3) is 0 Å². The lowest BCUT2D eigenvalue weighted by Crippen LogP contribution is -2.30. The molecule has 1 heterocycles. The molecular formula is C15H25NOS. The van der Waals surface area contributed by atoms with E-state index in [2.05, 4.69) is 24.4 Å². The van der Waals surface area contributed by atoms with Gasteiger partial charge in [-0.2, -0.15) is 0 Å². The summed E-state index contributed by atoms with van der Waals surface area (Å²) < 4.78 is 6.16. The van der Waals surface area contributed by atoms with Crippen LogP contribution >= 0.6 is 11.3 Å². The number of rotatable bonds is 6. The van der Waals surface area contributed by atoms with Gasteiger partial charge in [-0.05, 0) is 36.6 Å². The summed E-state index contributed by atoms with van der Waals surface area (Å²) in [5.74, 6) is 0.755. The lowest BCUT2D eigenvalue weighted by atomic mass is 9.90. The molecule has 102 valence electrons. The van der Waals surface area contributed by atoms with Crippen LogP contribution in [-0.2, 0) is 4.74 Å². The number of hydrogen-bond acceptors (Lipinski definition) is 3. The average Bonchev–Trinajstić information content (AvgIpc) is 2.94. The second-order valence-corrected chi connectivity index (χ2v) is 6.32. The lowest BCUT2D eigenvalue weighted by molar-refractivity contribution is 0.00640. The Kier molecular flexibility index (Phi) is 5.67. The molecule has 2 N–H and O–H groups in total. The first-order chi connectivity index (χ1) is 8.81. The van der Waals surface area contributed by atoms with Crippen molar-refractivity contribution < 1.29 is 4.74 Å². The summed E-state index contributed by atoms with van der Waals surface area (Å²) in [6.45, 7) is 3.02. The third-order valence-corrected chi connectivity index (χ3v) is 4.85. The van der Waals surface area contributed by atoms with Gasteiger partial charge in [0, 0.05) is 10.9 Å². The van der Waals surface area contributed by atoms with Crippen molar-refractivity contribution in [1.29, 1.82) is 0 Å². The van der Waals surface area contributed by atoms with Crippen LogP contribution in [0, 0.1) is 5.92 Å². The molecule has 0 spiro atoms. The standard InChI is InChI=1S/C15H25NOS/c1-2-13(16)15(14-9-6-10-18-14)17-11-12-7-4-3-5-8-12/h6,9-10,12-13,15H,2-5,7-8,11,16H2,1H3. The van der Waals surface area contributed by atoms with Crippen molar-refractivity contribution >= 4 is 11.3 Å². The molecule has 0 aromatic carbocycles. The summed E-state index contributed by atoms with van der Waals surface area (Å²) in [6, 6.07) is 4.35. The fourth-order valence-corrected chi connectivity index (χ4v) is 3.53. The van der Waals surface area contributed by atoms with Gasteiger partial charge in [-0.15, -0.1) is 11.3 Å². The zero-order valence-corrected chi connectivity index (χ0v) is 12.1. The van der Waals surface area contributed by atoms with Crippen LogP contribution in [0.15, 0.2) is 17.5 Å². The van der Waals surface area contributed by atoms with Crippen LogP contribution in [0.4, 0.5) is 0 Å². The molecule has 0 saturated heterocycles. The van der Waals surface area contributed by atoms with Crippen LogP contribution in [-0.4, -0.2) is 12.6 Å². The van der Waals surface area contributed by atoms with Crippen molar-refractivity contribution in [2.75, 3.05) is 6.61 Å². The summed E-state index contributed by atoms with van der Waals surface area (Å²) in [7, 11) is 0. The number of ether oxygens (including phenoxy) is 1. The van der Waals surface area contributed by atoms with Crippen molar-refractivity contribution in [3.63, 3.8) is 0 Å². The van der Waals surface area contributed by atoms with Gasteiger partial charge in [0.15, 0.2) is 0 Å². The van der Waals surface area contributed by atoms with Gasteiger partial charge in [0.2, 0.25) is 0 Å². The smallest absolute Gasteiger partial charge is 0.107 e. The molecule has 0 radical (unpaired) electrons. The molecule has 1 aromatic rings. The summed E-state index contributed by atoms with van der Waals surface area (Å²) in [4.78, 5) is 1.28. The van der Waals surface area contributed by atoms with Gasteiger partial charge in [-0.3, -0.25) is 0 Å². The second-order valence-electron chi connectivity index (χ2n) is 5.35. The molecule has 2 atom stereocenters. The van der Waals surface area contributed by atoms with E-state index in [0.717, 1.165) is 18.9 Å². The van der Waals surface area contributed by atoms with Crippen molar-refractivity contribution in [2.45, 2.75) is 57.6 Å². The number of hydrogen-bond donors (Lipinski definition) is 1. The zero-order chi connectivity index (χ0) is 12.8. The molecule has 1 aromatic heterocycles. The first kappa shape index (κ1) is 14.0. The van der Waals surface area contributed by atoms with E-state index in [4.69, 9.17) is 10.5 Å². The Bertz CT molecular complexity index is 319. The van der Waals surface area contributed by atoms with E-state index in [9.17, 15) is 0 Å². The van der Waals surface area contributed by atoms with Gasteiger partial charge in [0.25, 0.3) is 0 Å². The van der Waals surface area contributed by atoms with Gasteiger partial charge >= 0.3 is 0 Å². The molecule has 2 unspecified atom stereocenters.